The number of nitrogens with two attached hydrogens (primary N) is 1. The van der Waals surface area contributed by atoms with Gasteiger partial charge in [-0.3, -0.25) is 10.4 Å². The van der Waals surface area contributed by atoms with Crippen LogP contribution in [0.2, 0.25) is 0 Å². The summed E-state index contributed by atoms with van der Waals surface area (Å²) in [5.41, 5.74) is 3.53. The van der Waals surface area contributed by atoms with E-state index in [-0.39, 0.29) is 0 Å². The molecule has 5 nitrogen and oxygen atoms in total. The molecule has 0 amide bonds. The molecule has 1 rings (SSSR count). The zero-order valence-corrected chi connectivity index (χ0v) is 11.9. The molecule has 6 heteroatoms. The summed E-state index contributed by atoms with van der Waals surface area (Å²) in [6, 6.07) is 7.94. The van der Waals surface area contributed by atoms with Crippen LogP contribution in [-0.2, 0) is 4.74 Å². The lowest BCUT2D eigenvalue weighted by atomic mass is 10.3. The molecule has 0 atom stereocenters. The van der Waals surface area contributed by atoms with E-state index in [1.165, 1.54) is 0 Å². The van der Waals surface area contributed by atoms with Crippen LogP contribution in [0, 0.1) is 3.57 Å². The third-order valence-corrected chi connectivity index (χ3v) is 2.98. The van der Waals surface area contributed by atoms with E-state index in [1.807, 2.05) is 24.3 Å². The highest BCUT2D eigenvalue weighted by atomic mass is 127. The molecule has 4 N–H and O–H groups in total. The van der Waals surface area contributed by atoms with E-state index in [9.17, 15) is 0 Å². The number of ether oxygens (including phenoxy) is 1. The van der Waals surface area contributed by atoms with Crippen molar-refractivity contribution in [3.05, 3.63) is 27.8 Å². The van der Waals surface area contributed by atoms with Crippen LogP contribution in [0.4, 0.5) is 5.69 Å². The number of benzene rings is 1. The highest BCUT2D eigenvalue weighted by Crippen LogP contribution is 2.16. The number of hydrazine groups is 1. The molecule has 0 bridgehead atoms. The van der Waals surface area contributed by atoms with Crippen LogP contribution in [0.3, 0.4) is 0 Å². The van der Waals surface area contributed by atoms with Gasteiger partial charge in [-0.25, -0.2) is 5.84 Å². The van der Waals surface area contributed by atoms with Gasteiger partial charge < -0.3 is 10.1 Å². The third kappa shape index (κ3) is 5.33. The van der Waals surface area contributed by atoms with Crippen LogP contribution in [0.15, 0.2) is 29.3 Å². The predicted molar refractivity (Wildman–Crippen MR) is 78.9 cm³/mol. The summed E-state index contributed by atoms with van der Waals surface area (Å²) in [6.07, 6.45) is 0.870. The lowest BCUT2D eigenvalue weighted by molar-refractivity contribution is 0.197. The highest BCUT2D eigenvalue weighted by molar-refractivity contribution is 14.1. The van der Waals surface area contributed by atoms with Gasteiger partial charge in [-0.05, 0) is 41.1 Å². The number of halogens is 1. The maximum Gasteiger partial charge on any atom is 0.210 e. The van der Waals surface area contributed by atoms with Crippen LogP contribution >= 0.6 is 22.6 Å². The molecular formula is C11H17IN4O. The van der Waals surface area contributed by atoms with Crippen LogP contribution in [-0.4, -0.2) is 26.2 Å². The largest absolute Gasteiger partial charge is 0.385 e. The highest BCUT2D eigenvalue weighted by Gasteiger charge is 2.00. The predicted octanol–water partition coefficient (Wildman–Crippen LogP) is 1.56. The Morgan fingerprint density at radius 3 is 2.88 bits per heavy atom. The topological polar surface area (TPSA) is 71.7 Å². The zero-order valence-electron chi connectivity index (χ0n) is 9.74. The normalized spacial score (nSPS) is 11.4. The Labute approximate surface area is 115 Å². The van der Waals surface area contributed by atoms with Gasteiger partial charge in [-0.15, -0.1) is 0 Å². The number of aliphatic imine (C=N–C) groups is 1. The molecule has 0 aromatic heterocycles. The van der Waals surface area contributed by atoms with Gasteiger partial charge in [0.15, 0.2) is 0 Å². The van der Waals surface area contributed by atoms with Gasteiger partial charge in [0.05, 0.1) is 5.69 Å². The molecule has 0 spiro atoms. The minimum absolute atomic E-state index is 0.560. The van der Waals surface area contributed by atoms with Crippen molar-refractivity contribution in [2.45, 2.75) is 6.42 Å². The molecule has 1 aromatic rings. The number of methoxy groups -OCH3 is 1. The number of guanidine groups is 1. The summed E-state index contributed by atoms with van der Waals surface area (Å²) < 4.78 is 6.07. The lowest BCUT2D eigenvalue weighted by Gasteiger charge is -2.10. The molecule has 0 unspecified atom stereocenters. The van der Waals surface area contributed by atoms with Gasteiger partial charge in [0.2, 0.25) is 5.96 Å². The maximum atomic E-state index is 5.41. The summed E-state index contributed by atoms with van der Waals surface area (Å²) in [5, 5.41) is 3.14. The second-order valence-corrected chi connectivity index (χ2v) is 4.49. The Hall–Kier alpha value is -0.860. The summed E-state index contributed by atoms with van der Waals surface area (Å²) >= 11 is 2.26. The average Bonchev–Trinajstić information content (AvgIpc) is 2.35. The Bertz CT molecular complexity index is 370. The fourth-order valence-electron chi connectivity index (χ4n) is 1.21. The minimum Gasteiger partial charge on any atom is -0.385 e. The smallest absolute Gasteiger partial charge is 0.210 e. The van der Waals surface area contributed by atoms with Gasteiger partial charge in [0, 0.05) is 23.8 Å². The first-order chi connectivity index (χ1) is 8.27. The van der Waals surface area contributed by atoms with Crippen LogP contribution < -0.4 is 16.6 Å². The molecule has 0 saturated carbocycles. The van der Waals surface area contributed by atoms with E-state index in [1.54, 1.807) is 7.11 Å². The number of nitrogens with zero attached hydrogens (tertiary/aromatic N) is 1. The van der Waals surface area contributed by atoms with E-state index < -0.39 is 0 Å². The maximum absolute atomic E-state index is 5.41. The van der Waals surface area contributed by atoms with Crippen LogP contribution in [0.5, 0.6) is 0 Å². The molecule has 0 fully saturated rings. The molecule has 0 saturated heterocycles. The van der Waals surface area contributed by atoms with E-state index in [2.05, 4.69) is 38.3 Å². The van der Waals surface area contributed by atoms with Crippen molar-refractivity contribution in [2.24, 2.45) is 10.8 Å². The fourth-order valence-corrected chi connectivity index (χ4v) is 1.73. The van der Waals surface area contributed by atoms with Gasteiger partial charge in [-0.2, -0.15) is 0 Å². The van der Waals surface area contributed by atoms with Crippen molar-refractivity contribution < 1.29 is 4.74 Å². The first-order valence-electron chi connectivity index (χ1n) is 5.29. The average molecular weight is 348 g/mol. The molecule has 0 aliphatic heterocycles. The molecule has 0 heterocycles. The summed E-state index contributed by atoms with van der Waals surface area (Å²) in [6.45, 7) is 1.37. The van der Waals surface area contributed by atoms with Gasteiger partial charge in [0.1, 0.15) is 0 Å². The number of nitrogens with one attached hydrogen (secondary N) is 2. The number of hydrogen-bond acceptors (Lipinski definition) is 3. The molecular weight excluding hydrogens is 331 g/mol. The Morgan fingerprint density at radius 2 is 2.24 bits per heavy atom. The first kappa shape index (κ1) is 14.2. The molecule has 17 heavy (non-hydrogen) atoms. The van der Waals surface area contributed by atoms with Crippen molar-refractivity contribution in [2.75, 3.05) is 25.6 Å². The van der Waals surface area contributed by atoms with E-state index in [4.69, 9.17) is 10.6 Å². The summed E-state index contributed by atoms with van der Waals surface area (Å²) in [4.78, 5) is 4.30. The SMILES string of the molecule is COCCCN=C(NN)Nc1ccccc1I. The number of anilines is 1. The number of rotatable bonds is 5. The van der Waals surface area contributed by atoms with Gasteiger partial charge >= 0.3 is 0 Å². The van der Waals surface area contributed by atoms with E-state index >= 15 is 0 Å². The molecule has 1 aromatic carbocycles. The monoisotopic (exact) mass is 348 g/mol. The van der Waals surface area contributed by atoms with Crippen molar-refractivity contribution >= 4 is 34.2 Å². The summed E-state index contributed by atoms with van der Waals surface area (Å²) in [7, 11) is 1.68. The number of hydrogen-bond donors (Lipinski definition) is 3. The van der Waals surface area contributed by atoms with Crippen molar-refractivity contribution in [1.29, 1.82) is 0 Å². The minimum atomic E-state index is 0.560. The van der Waals surface area contributed by atoms with Crippen molar-refractivity contribution in [3.63, 3.8) is 0 Å². The van der Waals surface area contributed by atoms with E-state index in [0.29, 0.717) is 19.1 Å². The van der Waals surface area contributed by atoms with Crippen molar-refractivity contribution in [1.82, 2.24) is 5.43 Å². The number of para-hydroxylation sites is 1. The molecule has 0 aliphatic rings. The zero-order chi connectivity index (χ0) is 12.5. The Morgan fingerprint density at radius 1 is 1.47 bits per heavy atom. The Kier molecular flexibility index (Phi) is 6.90. The molecule has 0 radical (unpaired) electrons. The molecule has 94 valence electrons. The van der Waals surface area contributed by atoms with Gasteiger partial charge in [0.25, 0.3) is 0 Å². The third-order valence-electron chi connectivity index (χ3n) is 2.04. The first-order valence-corrected chi connectivity index (χ1v) is 6.37. The second kappa shape index (κ2) is 8.26. The lowest BCUT2D eigenvalue weighted by Crippen LogP contribution is -2.36. The van der Waals surface area contributed by atoms with Crippen LogP contribution in [0.1, 0.15) is 6.42 Å². The Balaban J connectivity index is 2.54. The standard InChI is InChI=1S/C11H17IN4O/c1-17-8-4-7-14-11(16-13)15-10-6-3-2-5-9(10)12/h2-3,5-6H,4,7-8,13H2,1H3,(H2,14,15,16). The van der Waals surface area contributed by atoms with Gasteiger partial charge in [-0.1, -0.05) is 12.1 Å². The second-order valence-electron chi connectivity index (χ2n) is 3.33. The van der Waals surface area contributed by atoms with Crippen molar-refractivity contribution in [3.8, 4) is 0 Å². The fraction of sp³-hybridized carbons (Fsp3) is 0.364. The summed E-state index contributed by atoms with van der Waals surface area (Å²) in [5.74, 6) is 5.97. The van der Waals surface area contributed by atoms with Crippen LogP contribution in [0.25, 0.3) is 0 Å². The van der Waals surface area contributed by atoms with E-state index in [0.717, 1.165) is 15.7 Å². The molecule has 0 aliphatic carbocycles. The quantitative estimate of drug-likeness (QED) is 0.189.